The van der Waals surface area contributed by atoms with E-state index in [1.54, 1.807) is 0 Å². The van der Waals surface area contributed by atoms with Gasteiger partial charge in [0.1, 0.15) is 0 Å². The molecular formula is C15H23N3O4S. The minimum Gasteiger partial charge on any atom is -0.355 e. The zero-order chi connectivity index (χ0) is 17.5. The van der Waals surface area contributed by atoms with Crippen molar-refractivity contribution in [1.82, 2.24) is 10.2 Å². The topological polar surface area (TPSA) is 95.6 Å². The van der Waals surface area contributed by atoms with Gasteiger partial charge in [-0.15, -0.1) is 0 Å². The van der Waals surface area contributed by atoms with Crippen LogP contribution in [0.2, 0.25) is 0 Å². The van der Waals surface area contributed by atoms with Gasteiger partial charge in [0.15, 0.2) is 9.84 Å². The molecule has 2 N–H and O–H groups in total. The number of hydrogen-bond acceptors (Lipinski definition) is 5. The quantitative estimate of drug-likeness (QED) is 0.717. The number of sulfone groups is 1. The molecule has 2 amide bonds. The van der Waals surface area contributed by atoms with E-state index < -0.39 is 9.84 Å². The molecule has 8 heteroatoms. The lowest BCUT2D eigenvalue weighted by atomic mass is 10.3. The molecule has 0 bridgehead atoms. The van der Waals surface area contributed by atoms with Crippen molar-refractivity contribution < 1.29 is 18.0 Å². The van der Waals surface area contributed by atoms with Gasteiger partial charge in [-0.2, -0.15) is 0 Å². The Bertz CT molecular complexity index is 639. The Labute approximate surface area is 137 Å². The molecule has 0 aliphatic carbocycles. The minimum atomic E-state index is -3.53. The first-order valence-corrected chi connectivity index (χ1v) is 8.88. The van der Waals surface area contributed by atoms with Gasteiger partial charge in [-0.25, -0.2) is 8.42 Å². The molecule has 128 valence electrons. The Kier molecular flexibility index (Phi) is 7.18. The van der Waals surface area contributed by atoms with Gasteiger partial charge < -0.3 is 15.5 Å². The molecule has 23 heavy (non-hydrogen) atoms. The predicted octanol–water partition coefficient (Wildman–Crippen LogP) is 0.487. The molecule has 0 heterocycles. The predicted molar refractivity (Wildman–Crippen MR) is 89.0 cm³/mol. The standard InChI is InChI=1S/C15H23N3O4S/c1-12(19)17-13-4-6-14(7-5-13)23(21,22)11-8-15(20)16-9-10-18(2)3/h4-7H,8-11H2,1-3H3,(H,16,20)(H,17,19). The van der Waals surface area contributed by atoms with Crippen LogP contribution in [0.1, 0.15) is 13.3 Å². The highest BCUT2D eigenvalue weighted by atomic mass is 32.2. The van der Waals surface area contributed by atoms with Gasteiger partial charge in [-0.05, 0) is 38.4 Å². The van der Waals surface area contributed by atoms with Crippen LogP contribution in [0.15, 0.2) is 29.2 Å². The second kappa shape index (κ2) is 8.64. The second-order valence-electron chi connectivity index (χ2n) is 5.43. The fourth-order valence-electron chi connectivity index (χ4n) is 1.80. The van der Waals surface area contributed by atoms with E-state index in [0.717, 1.165) is 0 Å². The number of nitrogens with zero attached hydrogens (tertiary/aromatic N) is 1. The lowest BCUT2D eigenvalue weighted by Gasteiger charge is -2.10. The average Bonchev–Trinajstić information content (AvgIpc) is 2.45. The van der Waals surface area contributed by atoms with Crippen LogP contribution in [-0.4, -0.2) is 58.1 Å². The second-order valence-corrected chi connectivity index (χ2v) is 7.54. The molecule has 1 rings (SSSR count). The average molecular weight is 341 g/mol. The minimum absolute atomic E-state index is 0.0801. The zero-order valence-corrected chi connectivity index (χ0v) is 14.4. The third-order valence-corrected chi connectivity index (χ3v) is 4.74. The summed E-state index contributed by atoms with van der Waals surface area (Å²) in [5, 5.41) is 5.24. The van der Waals surface area contributed by atoms with Gasteiger partial charge >= 0.3 is 0 Å². The van der Waals surface area contributed by atoms with Crippen LogP contribution in [0.5, 0.6) is 0 Å². The number of rotatable bonds is 8. The first-order valence-electron chi connectivity index (χ1n) is 7.22. The summed E-state index contributed by atoms with van der Waals surface area (Å²) in [5.74, 6) is -0.763. The molecule has 7 nitrogen and oxygen atoms in total. The van der Waals surface area contributed by atoms with Crippen molar-refractivity contribution in [3.63, 3.8) is 0 Å². The summed E-state index contributed by atoms with van der Waals surface area (Å²) in [6.07, 6.45) is -0.0801. The SMILES string of the molecule is CC(=O)Nc1ccc(S(=O)(=O)CCC(=O)NCCN(C)C)cc1. The molecule has 1 aromatic rings. The Hall–Kier alpha value is -1.93. The lowest BCUT2D eigenvalue weighted by molar-refractivity contribution is -0.120. The van der Waals surface area contributed by atoms with Gasteiger partial charge in [0.25, 0.3) is 0 Å². The van der Waals surface area contributed by atoms with Crippen molar-refractivity contribution in [1.29, 1.82) is 0 Å². The number of benzene rings is 1. The van der Waals surface area contributed by atoms with Crippen LogP contribution in [0.3, 0.4) is 0 Å². The molecule has 0 fully saturated rings. The molecule has 0 atom stereocenters. The number of amides is 2. The van der Waals surface area contributed by atoms with Gasteiger partial charge in [0.05, 0.1) is 10.6 Å². The summed E-state index contributed by atoms with van der Waals surface area (Å²) >= 11 is 0. The fourth-order valence-corrected chi connectivity index (χ4v) is 3.04. The van der Waals surface area contributed by atoms with Gasteiger partial charge in [-0.1, -0.05) is 0 Å². The molecule has 0 aliphatic heterocycles. The fraction of sp³-hybridized carbons (Fsp3) is 0.467. The van der Waals surface area contributed by atoms with E-state index in [2.05, 4.69) is 10.6 Å². The Morgan fingerprint density at radius 3 is 2.26 bits per heavy atom. The van der Waals surface area contributed by atoms with E-state index >= 15 is 0 Å². The zero-order valence-electron chi connectivity index (χ0n) is 13.6. The highest BCUT2D eigenvalue weighted by Gasteiger charge is 2.16. The molecule has 0 aromatic heterocycles. The van der Waals surface area contributed by atoms with E-state index in [4.69, 9.17) is 0 Å². The van der Waals surface area contributed by atoms with Crippen molar-refractivity contribution in [2.45, 2.75) is 18.2 Å². The molecule has 0 aliphatic rings. The van der Waals surface area contributed by atoms with Crippen molar-refractivity contribution in [2.75, 3.05) is 38.3 Å². The van der Waals surface area contributed by atoms with Crippen LogP contribution in [0.25, 0.3) is 0 Å². The molecule has 0 spiro atoms. The summed E-state index contributed by atoms with van der Waals surface area (Å²) < 4.78 is 24.4. The van der Waals surface area contributed by atoms with E-state index in [1.807, 2.05) is 19.0 Å². The Morgan fingerprint density at radius 2 is 1.74 bits per heavy atom. The molecule has 0 saturated carbocycles. The van der Waals surface area contributed by atoms with E-state index in [0.29, 0.717) is 18.8 Å². The van der Waals surface area contributed by atoms with Crippen molar-refractivity contribution >= 4 is 27.3 Å². The van der Waals surface area contributed by atoms with E-state index in [1.165, 1.54) is 31.2 Å². The largest absolute Gasteiger partial charge is 0.355 e. The molecule has 0 saturated heterocycles. The normalized spacial score (nSPS) is 11.3. The Balaban J connectivity index is 2.55. The maximum Gasteiger partial charge on any atom is 0.221 e. The van der Waals surface area contributed by atoms with Crippen LogP contribution in [0.4, 0.5) is 5.69 Å². The maximum atomic E-state index is 12.2. The smallest absolute Gasteiger partial charge is 0.221 e. The molecule has 0 radical (unpaired) electrons. The number of anilines is 1. The van der Waals surface area contributed by atoms with Crippen LogP contribution < -0.4 is 10.6 Å². The van der Waals surface area contributed by atoms with Gasteiger partial charge in [-0.3, -0.25) is 9.59 Å². The van der Waals surface area contributed by atoms with E-state index in [9.17, 15) is 18.0 Å². The molecule has 0 unspecified atom stereocenters. The monoisotopic (exact) mass is 341 g/mol. The summed E-state index contributed by atoms with van der Waals surface area (Å²) in [7, 11) is 0.254. The third-order valence-electron chi connectivity index (χ3n) is 3.01. The number of nitrogens with one attached hydrogen (secondary N) is 2. The summed E-state index contributed by atoms with van der Waals surface area (Å²) in [6, 6.07) is 5.88. The number of likely N-dealkylation sites (N-methyl/N-ethyl adjacent to an activating group) is 1. The van der Waals surface area contributed by atoms with Crippen LogP contribution >= 0.6 is 0 Å². The first kappa shape index (κ1) is 19.1. The third kappa shape index (κ3) is 7.25. The molecule has 1 aromatic carbocycles. The number of carbonyl (C=O) groups excluding carboxylic acids is 2. The van der Waals surface area contributed by atoms with Crippen molar-refractivity contribution in [3.8, 4) is 0 Å². The lowest BCUT2D eigenvalue weighted by Crippen LogP contribution is -2.32. The van der Waals surface area contributed by atoms with Crippen molar-refractivity contribution in [3.05, 3.63) is 24.3 Å². The van der Waals surface area contributed by atoms with Gasteiger partial charge in [0, 0.05) is 32.1 Å². The maximum absolute atomic E-state index is 12.2. The van der Waals surface area contributed by atoms with Crippen molar-refractivity contribution in [2.24, 2.45) is 0 Å². The summed E-state index contributed by atoms with van der Waals surface area (Å²) in [4.78, 5) is 24.6. The summed E-state index contributed by atoms with van der Waals surface area (Å²) in [5.41, 5.74) is 0.526. The van der Waals surface area contributed by atoms with Crippen LogP contribution in [0, 0.1) is 0 Å². The first-order chi connectivity index (χ1) is 10.7. The van der Waals surface area contributed by atoms with E-state index in [-0.39, 0.29) is 28.9 Å². The van der Waals surface area contributed by atoms with Gasteiger partial charge in [0.2, 0.25) is 11.8 Å². The molecular weight excluding hydrogens is 318 g/mol. The highest BCUT2D eigenvalue weighted by molar-refractivity contribution is 7.91. The highest BCUT2D eigenvalue weighted by Crippen LogP contribution is 2.16. The number of hydrogen-bond donors (Lipinski definition) is 2. The Morgan fingerprint density at radius 1 is 1.13 bits per heavy atom. The van der Waals surface area contributed by atoms with Crippen LogP contribution in [-0.2, 0) is 19.4 Å². The summed E-state index contributed by atoms with van der Waals surface area (Å²) in [6.45, 7) is 2.56. The number of carbonyl (C=O) groups is 2.